The fraction of sp³-hybridized carbons (Fsp3) is 0.278. The highest BCUT2D eigenvalue weighted by Crippen LogP contribution is 2.38. The van der Waals surface area contributed by atoms with Crippen LogP contribution in [0.25, 0.3) is 0 Å². The third-order valence-corrected chi connectivity index (χ3v) is 5.04. The summed E-state index contributed by atoms with van der Waals surface area (Å²) in [5.41, 5.74) is 1.49. The van der Waals surface area contributed by atoms with Crippen molar-refractivity contribution in [3.63, 3.8) is 0 Å². The lowest BCUT2D eigenvalue weighted by atomic mass is 10.1. The van der Waals surface area contributed by atoms with Gasteiger partial charge in [-0.2, -0.15) is 5.26 Å². The highest BCUT2D eigenvalue weighted by Gasteiger charge is 2.23. The molecule has 1 aromatic heterocycles. The molecule has 0 atom stereocenters. The van der Waals surface area contributed by atoms with Crippen LogP contribution in [0.4, 0.5) is 9.39 Å². The molecule has 0 aliphatic heterocycles. The van der Waals surface area contributed by atoms with Crippen LogP contribution in [0.5, 0.6) is 5.75 Å². The van der Waals surface area contributed by atoms with E-state index in [1.165, 1.54) is 29.5 Å². The second kappa shape index (κ2) is 7.97. The molecule has 1 aliphatic rings. The predicted octanol–water partition coefficient (Wildman–Crippen LogP) is 2.81. The lowest BCUT2D eigenvalue weighted by Gasteiger charge is -2.08. The minimum atomic E-state index is -0.794. The van der Waals surface area contributed by atoms with Gasteiger partial charge in [0.15, 0.2) is 24.8 Å². The first kappa shape index (κ1) is 17.9. The van der Waals surface area contributed by atoms with E-state index in [9.17, 15) is 19.2 Å². The summed E-state index contributed by atoms with van der Waals surface area (Å²) in [7, 11) is 0. The molecule has 0 saturated heterocycles. The van der Waals surface area contributed by atoms with Gasteiger partial charge in [-0.3, -0.25) is 4.79 Å². The smallest absolute Gasteiger partial charge is 0.344 e. The largest absolute Gasteiger partial charge is 0.479 e. The Morgan fingerprint density at radius 2 is 2.08 bits per heavy atom. The number of ether oxygens (including phenoxy) is 2. The quantitative estimate of drug-likeness (QED) is 0.786. The maximum absolute atomic E-state index is 13.4. The molecule has 0 radical (unpaired) electrons. The Kier molecular flexibility index (Phi) is 5.49. The van der Waals surface area contributed by atoms with E-state index >= 15 is 0 Å². The number of anilines is 1. The minimum Gasteiger partial charge on any atom is -0.479 e. The number of benzene rings is 1. The zero-order valence-corrected chi connectivity index (χ0v) is 14.5. The first-order valence-electron chi connectivity index (χ1n) is 7.96. The second-order valence-electron chi connectivity index (χ2n) is 5.60. The number of nitrogens with one attached hydrogen (secondary N) is 1. The minimum absolute atomic E-state index is 0.0688. The maximum atomic E-state index is 13.4. The summed E-state index contributed by atoms with van der Waals surface area (Å²) >= 11 is 1.38. The van der Waals surface area contributed by atoms with Crippen molar-refractivity contribution in [2.75, 3.05) is 18.5 Å². The summed E-state index contributed by atoms with van der Waals surface area (Å²) in [4.78, 5) is 24.7. The summed E-state index contributed by atoms with van der Waals surface area (Å²) in [5.74, 6) is -1.99. The fourth-order valence-corrected chi connectivity index (χ4v) is 3.92. The lowest BCUT2D eigenvalue weighted by molar-refractivity contribution is -0.149. The average Bonchev–Trinajstić information content (AvgIpc) is 3.19. The third-order valence-electron chi connectivity index (χ3n) is 3.83. The van der Waals surface area contributed by atoms with Gasteiger partial charge in [0.25, 0.3) is 5.91 Å². The van der Waals surface area contributed by atoms with Crippen molar-refractivity contribution in [1.29, 1.82) is 5.26 Å². The number of carbonyl (C=O) groups excluding carboxylic acids is 2. The number of aryl methyl sites for hydroxylation is 1. The first-order chi connectivity index (χ1) is 12.6. The number of nitrogens with zero attached hydrogens (tertiary/aromatic N) is 1. The number of halogens is 1. The van der Waals surface area contributed by atoms with E-state index in [0.717, 1.165) is 29.7 Å². The van der Waals surface area contributed by atoms with Crippen LogP contribution in [0.3, 0.4) is 0 Å². The molecule has 1 heterocycles. The number of nitriles is 1. The Balaban J connectivity index is 1.48. The number of thiophene rings is 1. The molecule has 3 rings (SSSR count). The zero-order chi connectivity index (χ0) is 18.5. The Morgan fingerprint density at radius 3 is 2.85 bits per heavy atom. The van der Waals surface area contributed by atoms with Crippen molar-refractivity contribution in [3.8, 4) is 11.8 Å². The summed E-state index contributed by atoms with van der Waals surface area (Å²) in [6, 6.07) is 7.79. The van der Waals surface area contributed by atoms with Gasteiger partial charge in [0.05, 0.1) is 5.56 Å². The predicted molar refractivity (Wildman–Crippen MR) is 92.5 cm³/mol. The number of hydrogen-bond acceptors (Lipinski definition) is 6. The van der Waals surface area contributed by atoms with Gasteiger partial charge in [-0.1, -0.05) is 12.1 Å². The van der Waals surface area contributed by atoms with Crippen LogP contribution in [0.15, 0.2) is 24.3 Å². The van der Waals surface area contributed by atoms with Crippen LogP contribution < -0.4 is 10.1 Å². The average molecular weight is 374 g/mol. The zero-order valence-electron chi connectivity index (χ0n) is 13.7. The first-order valence-corrected chi connectivity index (χ1v) is 8.77. The Labute approximate surface area is 153 Å². The highest BCUT2D eigenvalue weighted by atomic mass is 32.1. The molecule has 2 aromatic rings. The molecule has 26 heavy (non-hydrogen) atoms. The Bertz CT molecular complexity index is 888. The Morgan fingerprint density at radius 1 is 1.27 bits per heavy atom. The molecule has 0 spiro atoms. The van der Waals surface area contributed by atoms with E-state index in [1.54, 1.807) is 6.07 Å². The third kappa shape index (κ3) is 4.00. The molecule has 1 aromatic carbocycles. The van der Waals surface area contributed by atoms with Crippen molar-refractivity contribution >= 4 is 28.2 Å². The number of carbonyl (C=O) groups is 2. The van der Waals surface area contributed by atoms with E-state index < -0.39 is 30.9 Å². The number of rotatable bonds is 6. The van der Waals surface area contributed by atoms with E-state index in [2.05, 4.69) is 11.4 Å². The normalized spacial score (nSPS) is 12.2. The summed E-state index contributed by atoms with van der Waals surface area (Å²) in [6.45, 7) is -1.02. The molecular weight excluding hydrogens is 359 g/mol. The van der Waals surface area contributed by atoms with Gasteiger partial charge in [0.2, 0.25) is 0 Å². The molecule has 0 unspecified atom stereocenters. The molecule has 0 saturated carbocycles. The molecule has 8 heteroatoms. The standard InChI is InChI=1S/C18H15FN2O4S/c19-13-5-1-2-6-14(13)24-10-17(23)25-9-16(22)21-18-12(8-20)11-4-3-7-15(11)26-18/h1-2,5-6H,3-4,7,9-10H2,(H,21,22). The van der Waals surface area contributed by atoms with Crippen LogP contribution >= 0.6 is 11.3 Å². The van der Waals surface area contributed by atoms with Crippen molar-refractivity contribution in [2.45, 2.75) is 19.3 Å². The molecule has 0 bridgehead atoms. The van der Waals surface area contributed by atoms with Crippen LogP contribution in [0.2, 0.25) is 0 Å². The van der Waals surface area contributed by atoms with Gasteiger partial charge in [0.1, 0.15) is 11.1 Å². The molecule has 0 fully saturated rings. The van der Waals surface area contributed by atoms with Crippen LogP contribution in [0.1, 0.15) is 22.4 Å². The van der Waals surface area contributed by atoms with Gasteiger partial charge in [-0.25, -0.2) is 9.18 Å². The van der Waals surface area contributed by atoms with Gasteiger partial charge in [0, 0.05) is 4.88 Å². The topological polar surface area (TPSA) is 88.4 Å². The van der Waals surface area contributed by atoms with E-state index in [0.29, 0.717) is 10.6 Å². The van der Waals surface area contributed by atoms with E-state index in [1.807, 2.05) is 0 Å². The van der Waals surface area contributed by atoms with Gasteiger partial charge in [-0.05, 0) is 37.0 Å². The molecule has 1 N–H and O–H groups in total. The number of esters is 1. The molecule has 1 amide bonds. The number of para-hydroxylation sites is 1. The molecule has 134 valence electrons. The van der Waals surface area contributed by atoms with Crippen LogP contribution in [-0.2, 0) is 27.2 Å². The lowest BCUT2D eigenvalue weighted by Crippen LogP contribution is -2.23. The fourth-order valence-electron chi connectivity index (χ4n) is 2.66. The highest BCUT2D eigenvalue weighted by molar-refractivity contribution is 7.16. The van der Waals surface area contributed by atoms with Crippen molar-refractivity contribution < 1.29 is 23.5 Å². The van der Waals surface area contributed by atoms with Crippen LogP contribution in [0, 0.1) is 17.1 Å². The summed E-state index contributed by atoms with van der Waals surface area (Å²) in [6.07, 6.45) is 2.77. The second-order valence-corrected chi connectivity index (χ2v) is 6.71. The van der Waals surface area contributed by atoms with E-state index in [-0.39, 0.29) is 5.75 Å². The SMILES string of the molecule is N#Cc1c(NC(=O)COC(=O)COc2ccccc2F)sc2c1CCC2. The summed E-state index contributed by atoms with van der Waals surface area (Å²) in [5, 5.41) is 12.4. The molecule has 1 aliphatic carbocycles. The van der Waals surface area contributed by atoms with Crippen molar-refractivity contribution in [1.82, 2.24) is 0 Å². The van der Waals surface area contributed by atoms with Gasteiger partial charge < -0.3 is 14.8 Å². The van der Waals surface area contributed by atoms with Crippen molar-refractivity contribution in [3.05, 3.63) is 46.1 Å². The molecular formula is C18H15FN2O4S. The van der Waals surface area contributed by atoms with Crippen molar-refractivity contribution in [2.24, 2.45) is 0 Å². The van der Waals surface area contributed by atoms with Gasteiger partial charge >= 0.3 is 5.97 Å². The number of fused-ring (bicyclic) bond motifs is 1. The number of hydrogen-bond donors (Lipinski definition) is 1. The Hall–Kier alpha value is -2.92. The number of amides is 1. The van der Waals surface area contributed by atoms with Gasteiger partial charge in [-0.15, -0.1) is 11.3 Å². The van der Waals surface area contributed by atoms with Crippen LogP contribution in [-0.4, -0.2) is 25.1 Å². The monoisotopic (exact) mass is 374 g/mol. The maximum Gasteiger partial charge on any atom is 0.344 e. The molecule has 6 nitrogen and oxygen atoms in total. The summed E-state index contributed by atoms with van der Waals surface area (Å²) < 4.78 is 23.2. The van der Waals surface area contributed by atoms with E-state index in [4.69, 9.17) is 9.47 Å².